The van der Waals surface area contributed by atoms with E-state index in [2.05, 4.69) is 33.8 Å². The van der Waals surface area contributed by atoms with Crippen LogP contribution in [-0.4, -0.2) is 64.8 Å². The van der Waals surface area contributed by atoms with Gasteiger partial charge in [-0.25, -0.2) is 4.98 Å². The lowest BCUT2D eigenvalue weighted by Crippen LogP contribution is -2.59. The topological polar surface area (TPSA) is 81.3 Å². The molecule has 2 aliphatic heterocycles. The van der Waals surface area contributed by atoms with Crippen molar-refractivity contribution < 1.29 is 9.59 Å². The molecule has 4 aromatic rings. The summed E-state index contributed by atoms with van der Waals surface area (Å²) in [4.78, 5) is 38.0. The molecule has 2 aromatic heterocycles. The van der Waals surface area contributed by atoms with Gasteiger partial charge in [0.2, 0.25) is 5.91 Å². The molecule has 204 valence electrons. The maximum absolute atomic E-state index is 13.6. The average Bonchev–Trinajstić information content (AvgIpc) is 3.34. The molecule has 2 amide bonds. The smallest absolute Gasteiger partial charge is 0.253 e. The number of rotatable bonds is 5. The molecule has 0 aliphatic carbocycles. The van der Waals surface area contributed by atoms with E-state index in [4.69, 9.17) is 11.6 Å². The molecule has 6 rings (SSSR count). The van der Waals surface area contributed by atoms with Gasteiger partial charge in [0.25, 0.3) is 5.91 Å². The Kier molecular flexibility index (Phi) is 6.72. The zero-order chi connectivity index (χ0) is 28.0. The third kappa shape index (κ3) is 4.69. The van der Waals surface area contributed by atoms with Gasteiger partial charge in [0.05, 0.1) is 10.7 Å². The number of H-pyrrole nitrogens is 1. The van der Waals surface area contributed by atoms with Crippen molar-refractivity contribution in [3.8, 4) is 22.4 Å². The van der Waals surface area contributed by atoms with Crippen molar-refractivity contribution in [3.05, 3.63) is 83.5 Å². The van der Waals surface area contributed by atoms with E-state index in [0.29, 0.717) is 27.3 Å². The Morgan fingerprint density at radius 2 is 1.88 bits per heavy atom. The van der Waals surface area contributed by atoms with Gasteiger partial charge in [0, 0.05) is 54.6 Å². The Hall–Kier alpha value is -3.94. The molecule has 2 fully saturated rings. The van der Waals surface area contributed by atoms with Crippen molar-refractivity contribution in [1.82, 2.24) is 19.8 Å². The minimum Gasteiger partial charge on any atom is -0.339 e. The molecule has 2 aromatic carbocycles. The number of fused-ring (bicyclic) bond motifs is 1. The maximum Gasteiger partial charge on any atom is 0.253 e. The van der Waals surface area contributed by atoms with Gasteiger partial charge in [-0.2, -0.15) is 0 Å². The summed E-state index contributed by atoms with van der Waals surface area (Å²) in [5, 5.41) is 4.24. The van der Waals surface area contributed by atoms with Crippen LogP contribution in [0.5, 0.6) is 0 Å². The SMILES string of the molecule is C=CC(=O)Nc1cc(-c2c(-c3cccc(C(=O)N4CCC5(CC4)CN(C)C5)c3)[nH]c3nccc(Cl)c23)ccc1C. The van der Waals surface area contributed by atoms with Crippen LogP contribution >= 0.6 is 11.6 Å². The number of anilines is 1. The Morgan fingerprint density at radius 3 is 2.60 bits per heavy atom. The number of hydrogen-bond donors (Lipinski definition) is 2. The molecule has 1 spiro atoms. The Bertz CT molecular complexity index is 1640. The second-order valence-electron chi connectivity index (χ2n) is 11.2. The van der Waals surface area contributed by atoms with Crippen molar-refractivity contribution in [2.45, 2.75) is 19.8 Å². The number of likely N-dealkylation sites (tertiary alicyclic amines) is 2. The first-order valence-corrected chi connectivity index (χ1v) is 13.9. The molecular formula is C32H32ClN5O2. The van der Waals surface area contributed by atoms with E-state index in [0.717, 1.165) is 72.4 Å². The molecule has 2 N–H and O–H groups in total. The molecule has 0 unspecified atom stereocenters. The van der Waals surface area contributed by atoms with Gasteiger partial charge in [-0.05, 0) is 79.3 Å². The molecule has 0 atom stereocenters. The predicted octanol–water partition coefficient (Wildman–Crippen LogP) is 6.15. The number of aryl methyl sites for hydroxylation is 1. The highest BCUT2D eigenvalue weighted by Gasteiger charge is 2.43. The fraction of sp³-hybridized carbons (Fsp3) is 0.281. The van der Waals surface area contributed by atoms with Crippen LogP contribution in [0.25, 0.3) is 33.4 Å². The monoisotopic (exact) mass is 553 g/mol. The zero-order valence-corrected chi connectivity index (χ0v) is 23.5. The summed E-state index contributed by atoms with van der Waals surface area (Å²) in [7, 11) is 2.16. The molecule has 2 aliphatic rings. The first kappa shape index (κ1) is 26.3. The molecule has 0 saturated carbocycles. The quantitative estimate of drug-likeness (QED) is 0.290. The molecule has 0 bridgehead atoms. The molecule has 7 nitrogen and oxygen atoms in total. The fourth-order valence-electron chi connectivity index (χ4n) is 6.27. The summed E-state index contributed by atoms with van der Waals surface area (Å²) in [6.45, 7) is 9.33. The van der Waals surface area contributed by atoms with Crippen molar-refractivity contribution in [1.29, 1.82) is 0 Å². The van der Waals surface area contributed by atoms with Crippen LogP contribution in [0, 0.1) is 12.3 Å². The largest absolute Gasteiger partial charge is 0.339 e. The summed E-state index contributed by atoms with van der Waals surface area (Å²) < 4.78 is 0. The van der Waals surface area contributed by atoms with Crippen LogP contribution in [-0.2, 0) is 4.79 Å². The van der Waals surface area contributed by atoms with Gasteiger partial charge in [0.15, 0.2) is 0 Å². The van der Waals surface area contributed by atoms with Gasteiger partial charge in [-0.1, -0.05) is 42.4 Å². The minimum atomic E-state index is -0.279. The highest BCUT2D eigenvalue weighted by Crippen LogP contribution is 2.43. The summed E-state index contributed by atoms with van der Waals surface area (Å²) in [5.41, 5.74) is 6.71. The number of hydrogen-bond acceptors (Lipinski definition) is 4. The third-order valence-electron chi connectivity index (χ3n) is 8.33. The first-order valence-electron chi connectivity index (χ1n) is 13.6. The lowest BCUT2D eigenvalue weighted by molar-refractivity contribution is -0.111. The molecule has 4 heterocycles. The van der Waals surface area contributed by atoms with Gasteiger partial charge >= 0.3 is 0 Å². The van der Waals surface area contributed by atoms with Gasteiger partial charge in [0.1, 0.15) is 5.65 Å². The van der Waals surface area contributed by atoms with E-state index in [9.17, 15) is 9.59 Å². The highest BCUT2D eigenvalue weighted by molar-refractivity contribution is 6.37. The van der Waals surface area contributed by atoms with E-state index in [1.165, 1.54) is 6.08 Å². The number of halogens is 1. The number of aromatic nitrogens is 2. The minimum absolute atomic E-state index is 0.0583. The fourth-order valence-corrected chi connectivity index (χ4v) is 6.51. The Morgan fingerprint density at radius 1 is 1.10 bits per heavy atom. The molecule has 0 radical (unpaired) electrons. The molecular weight excluding hydrogens is 522 g/mol. The highest BCUT2D eigenvalue weighted by atomic mass is 35.5. The lowest BCUT2D eigenvalue weighted by Gasteiger charge is -2.52. The van der Waals surface area contributed by atoms with Crippen molar-refractivity contribution in [3.63, 3.8) is 0 Å². The number of carbonyl (C=O) groups is 2. The number of nitrogens with zero attached hydrogens (tertiary/aromatic N) is 3. The molecule has 2 saturated heterocycles. The van der Waals surface area contributed by atoms with Gasteiger partial charge < -0.3 is 20.1 Å². The number of amides is 2. The zero-order valence-electron chi connectivity index (χ0n) is 22.8. The van der Waals surface area contributed by atoms with E-state index in [-0.39, 0.29) is 11.8 Å². The second-order valence-corrected chi connectivity index (χ2v) is 11.6. The van der Waals surface area contributed by atoms with Gasteiger partial charge in [-0.3, -0.25) is 9.59 Å². The summed E-state index contributed by atoms with van der Waals surface area (Å²) in [6, 6.07) is 15.4. The van der Waals surface area contributed by atoms with E-state index < -0.39 is 0 Å². The first-order chi connectivity index (χ1) is 19.3. The van der Waals surface area contributed by atoms with Crippen LogP contribution in [0.1, 0.15) is 28.8 Å². The Labute approximate surface area is 238 Å². The van der Waals surface area contributed by atoms with Crippen molar-refractivity contribution >= 4 is 40.1 Å². The van der Waals surface area contributed by atoms with Crippen LogP contribution in [0.3, 0.4) is 0 Å². The maximum atomic E-state index is 13.6. The standard InChI is InChI=1S/C32H32ClN5O2/c1-4-26(39)35-25-17-21(9-8-20(25)2)27-28-24(33)10-13-34-30(28)36-29(27)22-6-5-7-23(16-22)31(40)38-14-11-32(12-15-38)18-37(3)19-32/h4-10,13,16-17H,1,11-12,14-15,18-19H2,2-3H3,(H,34,36)(H,35,39). The number of carbonyl (C=O) groups excluding carboxylic acids is 2. The van der Waals surface area contributed by atoms with Crippen molar-refractivity contribution in [2.75, 3.05) is 38.5 Å². The average molecular weight is 554 g/mol. The number of piperidine rings is 1. The summed E-state index contributed by atoms with van der Waals surface area (Å²) in [6.07, 6.45) is 5.02. The van der Waals surface area contributed by atoms with Crippen LogP contribution in [0.2, 0.25) is 5.02 Å². The number of pyridine rings is 1. The number of nitrogens with one attached hydrogen (secondary N) is 2. The van der Waals surface area contributed by atoms with E-state index in [1.54, 1.807) is 12.3 Å². The second kappa shape index (κ2) is 10.2. The van der Waals surface area contributed by atoms with Crippen LogP contribution in [0.15, 0.2) is 67.4 Å². The van der Waals surface area contributed by atoms with E-state index >= 15 is 0 Å². The normalized spacial score (nSPS) is 16.6. The Balaban J connectivity index is 1.38. The van der Waals surface area contributed by atoms with Gasteiger partial charge in [-0.15, -0.1) is 0 Å². The third-order valence-corrected chi connectivity index (χ3v) is 8.65. The van der Waals surface area contributed by atoms with Crippen molar-refractivity contribution in [2.24, 2.45) is 5.41 Å². The van der Waals surface area contributed by atoms with Crippen LogP contribution < -0.4 is 5.32 Å². The number of benzene rings is 2. The molecule has 40 heavy (non-hydrogen) atoms. The number of aromatic amines is 1. The van der Waals surface area contributed by atoms with E-state index in [1.807, 2.05) is 54.3 Å². The summed E-state index contributed by atoms with van der Waals surface area (Å²) >= 11 is 6.72. The van der Waals surface area contributed by atoms with Crippen LogP contribution in [0.4, 0.5) is 5.69 Å². The molecule has 8 heteroatoms. The summed E-state index contributed by atoms with van der Waals surface area (Å²) in [5.74, 6) is -0.221. The lowest BCUT2D eigenvalue weighted by atomic mass is 9.72. The predicted molar refractivity (Wildman–Crippen MR) is 161 cm³/mol.